The first kappa shape index (κ1) is 15.2. The molecule has 0 bridgehead atoms. The standard InChI is InChI=1S/C17H19N3S/c1-12-8-6-10-16(14(12)3)19-17(21)20-18-11-15-9-5-4-7-13(15)2/h4-11H,1-3H3,(H2,19,20,21)/b18-11-. The number of hydrazone groups is 1. The molecule has 3 nitrogen and oxygen atoms in total. The highest BCUT2D eigenvalue weighted by Gasteiger charge is 2.02. The van der Waals surface area contributed by atoms with E-state index in [0.29, 0.717) is 5.11 Å². The van der Waals surface area contributed by atoms with Crippen LogP contribution < -0.4 is 10.7 Å². The third kappa shape index (κ3) is 4.13. The summed E-state index contributed by atoms with van der Waals surface area (Å²) in [5.74, 6) is 0. The maximum absolute atomic E-state index is 5.25. The van der Waals surface area contributed by atoms with Gasteiger partial charge in [-0.1, -0.05) is 36.4 Å². The maximum atomic E-state index is 5.25. The zero-order valence-electron chi connectivity index (χ0n) is 12.5. The molecule has 0 aromatic heterocycles. The molecular weight excluding hydrogens is 278 g/mol. The summed E-state index contributed by atoms with van der Waals surface area (Å²) in [5.41, 5.74) is 8.50. The molecule has 0 unspecified atom stereocenters. The van der Waals surface area contributed by atoms with Crippen LogP contribution in [0.15, 0.2) is 47.6 Å². The van der Waals surface area contributed by atoms with Crippen LogP contribution in [0.5, 0.6) is 0 Å². The molecule has 0 saturated carbocycles. The summed E-state index contributed by atoms with van der Waals surface area (Å²) in [6, 6.07) is 14.1. The van der Waals surface area contributed by atoms with Gasteiger partial charge in [-0.3, -0.25) is 5.43 Å². The topological polar surface area (TPSA) is 36.4 Å². The number of benzene rings is 2. The first-order chi connectivity index (χ1) is 10.1. The lowest BCUT2D eigenvalue weighted by atomic mass is 10.1. The average Bonchev–Trinajstić information content (AvgIpc) is 2.46. The lowest BCUT2D eigenvalue weighted by molar-refractivity contribution is 1.05. The van der Waals surface area contributed by atoms with E-state index < -0.39 is 0 Å². The third-order valence-electron chi connectivity index (χ3n) is 3.41. The number of rotatable bonds is 3. The van der Waals surface area contributed by atoms with Crippen molar-refractivity contribution in [3.63, 3.8) is 0 Å². The largest absolute Gasteiger partial charge is 0.331 e. The molecule has 0 radical (unpaired) electrons. The smallest absolute Gasteiger partial charge is 0.191 e. The minimum atomic E-state index is 0.480. The highest BCUT2D eigenvalue weighted by atomic mass is 32.1. The van der Waals surface area contributed by atoms with Gasteiger partial charge >= 0.3 is 0 Å². The minimum Gasteiger partial charge on any atom is -0.331 e. The van der Waals surface area contributed by atoms with Gasteiger partial charge in [0.25, 0.3) is 0 Å². The number of hydrogen-bond acceptors (Lipinski definition) is 2. The minimum absolute atomic E-state index is 0.480. The van der Waals surface area contributed by atoms with E-state index in [2.05, 4.69) is 35.8 Å². The predicted octanol–water partition coefficient (Wildman–Crippen LogP) is 3.93. The molecule has 0 fully saturated rings. The van der Waals surface area contributed by atoms with Gasteiger partial charge in [-0.25, -0.2) is 0 Å². The van der Waals surface area contributed by atoms with Crippen LogP contribution in [0.2, 0.25) is 0 Å². The van der Waals surface area contributed by atoms with Crippen molar-refractivity contribution in [2.45, 2.75) is 20.8 Å². The molecule has 2 rings (SSSR count). The van der Waals surface area contributed by atoms with E-state index in [0.717, 1.165) is 11.3 Å². The molecule has 0 aliphatic heterocycles. The van der Waals surface area contributed by atoms with E-state index in [-0.39, 0.29) is 0 Å². The van der Waals surface area contributed by atoms with Crippen LogP contribution in [-0.2, 0) is 0 Å². The molecule has 2 aromatic carbocycles. The molecule has 108 valence electrons. The van der Waals surface area contributed by atoms with Crippen LogP contribution in [-0.4, -0.2) is 11.3 Å². The fourth-order valence-corrected chi connectivity index (χ4v) is 2.09. The van der Waals surface area contributed by atoms with Gasteiger partial charge in [-0.15, -0.1) is 0 Å². The normalized spacial score (nSPS) is 10.6. The summed E-state index contributed by atoms with van der Waals surface area (Å²) >= 11 is 5.25. The lowest BCUT2D eigenvalue weighted by Gasteiger charge is -2.11. The molecule has 0 saturated heterocycles. The quantitative estimate of drug-likeness (QED) is 0.512. The van der Waals surface area contributed by atoms with Crippen LogP contribution >= 0.6 is 12.2 Å². The molecule has 0 heterocycles. The zero-order chi connectivity index (χ0) is 15.2. The maximum Gasteiger partial charge on any atom is 0.191 e. The average molecular weight is 297 g/mol. The summed E-state index contributed by atoms with van der Waals surface area (Å²) in [6.07, 6.45) is 1.77. The van der Waals surface area contributed by atoms with E-state index in [1.54, 1.807) is 6.21 Å². The molecule has 0 aliphatic rings. The van der Waals surface area contributed by atoms with E-state index in [9.17, 15) is 0 Å². The third-order valence-corrected chi connectivity index (χ3v) is 3.60. The van der Waals surface area contributed by atoms with Crippen LogP contribution in [0.1, 0.15) is 22.3 Å². The molecule has 0 amide bonds. The Hall–Kier alpha value is -2.20. The second-order valence-electron chi connectivity index (χ2n) is 4.93. The van der Waals surface area contributed by atoms with Crippen molar-refractivity contribution in [3.05, 3.63) is 64.7 Å². The summed E-state index contributed by atoms with van der Waals surface area (Å²) in [7, 11) is 0. The van der Waals surface area contributed by atoms with Gasteiger partial charge in [0.2, 0.25) is 0 Å². The van der Waals surface area contributed by atoms with Gasteiger partial charge in [-0.2, -0.15) is 5.10 Å². The molecule has 4 heteroatoms. The van der Waals surface area contributed by atoms with Crippen molar-refractivity contribution in [3.8, 4) is 0 Å². The fraction of sp³-hybridized carbons (Fsp3) is 0.176. The molecule has 0 aliphatic carbocycles. The first-order valence-electron chi connectivity index (χ1n) is 6.80. The van der Waals surface area contributed by atoms with Gasteiger partial charge in [0.15, 0.2) is 5.11 Å². The molecule has 2 aromatic rings. The van der Waals surface area contributed by atoms with Crippen molar-refractivity contribution in [2.75, 3.05) is 5.32 Å². The van der Waals surface area contributed by atoms with Crippen molar-refractivity contribution in [2.24, 2.45) is 5.10 Å². The van der Waals surface area contributed by atoms with Gasteiger partial charge in [-0.05, 0) is 61.3 Å². The van der Waals surface area contributed by atoms with Crippen LogP contribution in [0.4, 0.5) is 5.69 Å². The van der Waals surface area contributed by atoms with E-state index in [1.165, 1.54) is 16.7 Å². The van der Waals surface area contributed by atoms with Gasteiger partial charge in [0, 0.05) is 5.69 Å². The van der Waals surface area contributed by atoms with E-state index in [4.69, 9.17) is 12.2 Å². The van der Waals surface area contributed by atoms with Crippen molar-refractivity contribution < 1.29 is 0 Å². The Morgan fingerprint density at radius 2 is 1.71 bits per heavy atom. The second-order valence-corrected chi connectivity index (χ2v) is 5.34. The number of nitrogens with zero attached hydrogens (tertiary/aromatic N) is 1. The molecule has 21 heavy (non-hydrogen) atoms. The van der Waals surface area contributed by atoms with Crippen LogP contribution in [0, 0.1) is 20.8 Å². The van der Waals surface area contributed by atoms with E-state index >= 15 is 0 Å². The van der Waals surface area contributed by atoms with Crippen LogP contribution in [0.25, 0.3) is 0 Å². The summed E-state index contributed by atoms with van der Waals surface area (Å²) in [5, 5.41) is 7.81. The number of aryl methyl sites for hydroxylation is 2. The summed E-state index contributed by atoms with van der Waals surface area (Å²) < 4.78 is 0. The van der Waals surface area contributed by atoms with Crippen molar-refractivity contribution in [1.29, 1.82) is 0 Å². The number of hydrogen-bond donors (Lipinski definition) is 2. The summed E-state index contributed by atoms with van der Waals surface area (Å²) in [6.45, 7) is 6.19. The predicted molar refractivity (Wildman–Crippen MR) is 94.0 cm³/mol. The Morgan fingerprint density at radius 1 is 1.00 bits per heavy atom. The summed E-state index contributed by atoms with van der Waals surface area (Å²) in [4.78, 5) is 0. The molecule has 0 spiro atoms. The van der Waals surface area contributed by atoms with Gasteiger partial charge in [0.1, 0.15) is 0 Å². The van der Waals surface area contributed by atoms with Crippen LogP contribution in [0.3, 0.4) is 0 Å². The Morgan fingerprint density at radius 3 is 2.48 bits per heavy atom. The van der Waals surface area contributed by atoms with E-state index in [1.807, 2.05) is 43.3 Å². The highest BCUT2D eigenvalue weighted by molar-refractivity contribution is 7.80. The molecule has 0 atom stereocenters. The SMILES string of the molecule is Cc1ccccc1/C=N\NC(=S)Nc1cccc(C)c1C. The Balaban J connectivity index is 1.97. The second kappa shape index (κ2) is 6.99. The number of anilines is 1. The lowest BCUT2D eigenvalue weighted by Crippen LogP contribution is -2.24. The monoisotopic (exact) mass is 297 g/mol. The fourth-order valence-electron chi connectivity index (χ4n) is 1.93. The zero-order valence-corrected chi connectivity index (χ0v) is 13.3. The highest BCUT2D eigenvalue weighted by Crippen LogP contribution is 2.17. The number of nitrogens with one attached hydrogen (secondary N) is 2. The molecule has 2 N–H and O–H groups in total. The van der Waals surface area contributed by atoms with Gasteiger partial charge in [0.05, 0.1) is 6.21 Å². The van der Waals surface area contributed by atoms with Crippen molar-refractivity contribution in [1.82, 2.24) is 5.43 Å². The first-order valence-corrected chi connectivity index (χ1v) is 7.20. The Bertz CT molecular complexity index is 677. The molecular formula is C17H19N3S. The van der Waals surface area contributed by atoms with Crippen molar-refractivity contribution >= 4 is 29.2 Å². The number of thiocarbonyl (C=S) groups is 1. The Kier molecular flexibility index (Phi) is 5.06. The van der Waals surface area contributed by atoms with Gasteiger partial charge < -0.3 is 5.32 Å². The Labute approximate surface area is 131 Å².